The highest BCUT2D eigenvalue weighted by Gasteiger charge is 2.04. The molecule has 2 rings (SSSR count). The normalized spacial score (nSPS) is 10.0. The number of anilines is 1. The fourth-order valence-corrected chi connectivity index (χ4v) is 2.20. The smallest absolute Gasteiger partial charge is 0.321 e. The minimum Gasteiger partial charge on any atom is -0.473 e. The molecule has 0 aliphatic rings. The molecule has 0 heterocycles. The van der Waals surface area contributed by atoms with E-state index in [9.17, 15) is 4.79 Å². The zero-order chi connectivity index (χ0) is 15.2. The lowest BCUT2D eigenvalue weighted by atomic mass is 10.1. The Morgan fingerprint density at radius 3 is 2.71 bits per heavy atom. The third kappa shape index (κ3) is 4.49. The molecule has 0 bridgehead atoms. The first-order valence-electron chi connectivity index (χ1n) is 6.55. The molecule has 2 amide bonds. The maximum atomic E-state index is 11.7. The second-order valence-corrected chi connectivity index (χ2v) is 5.54. The van der Waals surface area contributed by atoms with Gasteiger partial charge in [0.15, 0.2) is 6.73 Å². The summed E-state index contributed by atoms with van der Waals surface area (Å²) in [5, 5.41) is 5.39. The Balaban J connectivity index is 1.83. The molecule has 21 heavy (non-hydrogen) atoms. The molecule has 5 heteroatoms. The van der Waals surface area contributed by atoms with Crippen LogP contribution in [-0.2, 0) is 0 Å². The maximum Gasteiger partial charge on any atom is 0.321 e. The Labute approximate surface area is 132 Å². The second-order valence-electron chi connectivity index (χ2n) is 4.63. The first-order chi connectivity index (χ1) is 10.1. The number of ether oxygens (including phenoxy) is 1. The fraction of sp³-hybridized carbons (Fsp3) is 0.188. The van der Waals surface area contributed by atoms with Gasteiger partial charge in [0.1, 0.15) is 5.75 Å². The Morgan fingerprint density at radius 2 is 1.95 bits per heavy atom. The zero-order valence-electron chi connectivity index (χ0n) is 11.9. The standard InChI is InChI=1S/C16H17BrN2O2/c1-11-5-3-8-15(12(11)2)21-10-18-16(20)19-14-7-4-6-13(17)9-14/h3-9H,10H2,1-2H3,(H2,18,19,20). The predicted molar refractivity (Wildman–Crippen MR) is 87.7 cm³/mol. The summed E-state index contributed by atoms with van der Waals surface area (Å²) in [6.07, 6.45) is 0. The molecule has 0 saturated carbocycles. The Bertz CT molecular complexity index is 644. The Kier molecular flexibility index (Phi) is 5.22. The van der Waals surface area contributed by atoms with E-state index in [0.717, 1.165) is 21.3 Å². The molecule has 0 unspecified atom stereocenters. The summed E-state index contributed by atoms with van der Waals surface area (Å²) in [6.45, 7) is 4.13. The van der Waals surface area contributed by atoms with Gasteiger partial charge in [0.2, 0.25) is 0 Å². The number of nitrogens with one attached hydrogen (secondary N) is 2. The highest BCUT2D eigenvalue weighted by atomic mass is 79.9. The van der Waals surface area contributed by atoms with Crippen LogP contribution >= 0.6 is 15.9 Å². The molecule has 0 aromatic heterocycles. The zero-order valence-corrected chi connectivity index (χ0v) is 13.5. The van der Waals surface area contributed by atoms with Crippen LogP contribution in [0.4, 0.5) is 10.5 Å². The first-order valence-corrected chi connectivity index (χ1v) is 7.35. The van der Waals surface area contributed by atoms with Crippen LogP contribution in [0.3, 0.4) is 0 Å². The lowest BCUT2D eigenvalue weighted by Gasteiger charge is -2.12. The van der Waals surface area contributed by atoms with Crippen molar-refractivity contribution in [2.75, 3.05) is 12.0 Å². The van der Waals surface area contributed by atoms with Crippen LogP contribution in [0.25, 0.3) is 0 Å². The number of hydrogen-bond donors (Lipinski definition) is 2. The van der Waals surface area contributed by atoms with Gasteiger partial charge in [0.05, 0.1) is 0 Å². The van der Waals surface area contributed by atoms with Gasteiger partial charge in [-0.2, -0.15) is 0 Å². The van der Waals surface area contributed by atoms with Gasteiger partial charge in [0, 0.05) is 10.2 Å². The van der Waals surface area contributed by atoms with Crippen LogP contribution in [0.15, 0.2) is 46.9 Å². The minimum absolute atomic E-state index is 0.115. The highest BCUT2D eigenvalue weighted by molar-refractivity contribution is 9.10. The van der Waals surface area contributed by atoms with E-state index in [1.54, 1.807) is 0 Å². The quantitative estimate of drug-likeness (QED) is 0.812. The van der Waals surface area contributed by atoms with Crippen molar-refractivity contribution in [1.29, 1.82) is 0 Å². The number of hydrogen-bond acceptors (Lipinski definition) is 2. The molecule has 2 N–H and O–H groups in total. The van der Waals surface area contributed by atoms with E-state index in [1.807, 2.05) is 56.3 Å². The lowest BCUT2D eigenvalue weighted by molar-refractivity contribution is 0.234. The predicted octanol–water partition coefficient (Wildman–Crippen LogP) is 4.22. The molecule has 0 spiro atoms. The van der Waals surface area contributed by atoms with Gasteiger partial charge in [-0.25, -0.2) is 4.79 Å². The highest BCUT2D eigenvalue weighted by Crippen LogP contribution is 2.20. The summed E-state index contributed by atoms with van der Waals surface area (Å²) < 4.78 is 6.48. The number of urea groups is 1. The van der Waals surface area contributed by atoms with E-state index in [1.165, 1.54) is 0 Å². The largest absolute Gasteiger partial charge is 0.473 e. The van der Waals surface area contributed by atoms with Crippen molar-refractivity contribution < 1.29 is 9.53 Å². The molecule has 110 valence electrons. The molecule has 4 nitrogen and oxygen atoms in total. The van der Waals surface area contributed by atoms with E-state index in [4.69, 9.17) is 4.74 Å². The summed E-state index contributed by atoms with van der Waals surface area (Å²) in [5.41, 5.74) is 2.95. The van der Waals surface area contributed by atoms with Gasteiger partial charge in [-0.1, -0.05) is 34.1 Å². The number of halogens is 1. The number of carbonyl (C=O) groups excluding carboxylic acids is 1. The SMILES string of the molecule is Cc1cccc(OCNC(=O)Nc2cccc(Br)c2)c1C. The number of benzene rings is 2. The van der Waals surface area contributed by atoms with Gasteiger partial charge in [-0.15, -0.1) is 0 Å². The molecule has 0 atom stereocenters. The third-order valence-electron chi connectivity index (χ3n) is 3.10. The van der Waals surface area contributed by atoms with Crippen molar-refractivity contribution in [2.45, 2.75) is 13.8 Å². The number of carbonyl (C=O) groups is 1. The number of rotatable bonds is 4. The van der Waals surface area contributed by atoms with Crippen LogP contribution in [0.5, 0.6) is 5.75 Å². The monoisotopic (exact) mass is 348 g/mol. The molecule has 0 saturated heterocycles. The maximum absolute atomic E-state index is 11.7. The molecular weight excluding hydrogens is 332 g/mol. The summed E-state index contributed by atoms with van der Waals surface area (Å²) in [5.74, 6) is 0.776. The van der Waals surface area contributed by atoms with Crippen molar-refractivity contribution >= 4 is 27.6 Å². The van der Waals surface area contributed by atoms with Crippen molar-refractivity contribution in [3.05, 3.63) is 58.1 Å². The molecule has 0 aliphatic carbocycles. The average molecular weight is 349 g/mol. The van der Waals surface area contributed by atoms with Gasteiger partial charge in [0.25, 0.3) is 0 Å². The summed E-state index contributed by atoms with van der Waals surface area (Å²) in [4.78, 5) is 11.7. The van der Waals surface area contributed by atoms with Crippen LogP contribution in [0, 0.1) is 13.8 Å². The first kappa shape index (κ1) is 15.4. The molecule has 0 radical (unpaired) electrons. The van der Waals surface area contributed by atoms with E-state index in [0.29, 0.717) is 5.69 Å². The summed E-state index contributed by atoms with van der Waals surface area (Å²) in [7, 11) is 0. The summed E-state index contributed by atoms with van der Waals surface area (Å²) in [6, 6.07) is 12.9. The number of amides is 2. The lowest BCUT2D eigenvalue weighted by Crippen LogP contribution is -2.32. The molecular formula is C16H17BrN2O2. The Hall–Kier alpha value is -2.01. The van der Waals surface area contributed by atoms with E-state index in [2.05, 4.69) is 26.6 Å². The van der Waals surface area contributed by atoms with Gasteiger partial charge >= 0.3 is 6.03 Å². The molecule has 2 aromatic carbocycles. The fourth-order valence-electron chi connectivity index (χ4n) is 1.80. The van der Waals surface area contributed by atoms with Gasteiger partial charge < -0.3 is 15.4 Å². The van der Waals surface area contributed by atoms with E-state index in [-0.39, 0.29) is 12.8 Å². The van der Waals surface area contributed by atoms with E-state index < -0.39 is 0 Å². The van der Waals surface area contributed by atoms with Gasteiger partial charge in [-0.05, 0) is 49.2 Å². The van der Waals surface area contributed by atoms with E-state index >= 15 is 0 Å². The molecule has 2 aromatic rings. The van der Waals surface area contributed by atoms with Crippen molar-refractivity contribution in [1.82, 2.24) is 5.32 Å². The molecule has 0 aliphatic heterocycles. The minimum atomic E-state index is -0.307. The van der Waals surface area contributed by atoms with Gasteiger partial charge in [-0.3, -0.25) is 0 Å². The second kappa shape index (κ2) is 7.13. The Morgan fingerprint density at radius 1 is 1.19 bits per heavy atom. The van der Waals surface area contributed by atoms with Crippen LogP contribution in [0.2, 0.25) is 0 Å². The molecule has 0 fully saturated rings. The van der Waals surface area contributed by atoms with Crippen molar-refractivity contribution in [3.8, 4) is 5.75 Å². The van der Waals surface area contributed by atoms with Crippen LogP contribution < -0.4 is 15.4 Å². The topological polar surface area (TPSA) is 50.4 Å². The van der Waals surface area contributed by atoms with Crippen molar-refractivity contribution in [2.24, 2.45) is 0 Å². The summed E-state index contributed by atoms with van der Waals surface area (Å²) >= 11 is 3.35. The van der Waals surface area contributed by atoms with Crippen molar-refractivity contribution in [3.63, 3.8) is 0 Å². The van der Waals surface area contributed by atoms with Crippen LogP contribution in [0.1, 0.15) is 11.1 Å². The third-order valence-corrected chi connectivity index (χ3v) is 3.59. The van der Waals surface area contributed by atoms with Crippen LogP contribution in [-0.4, -0.2) is 12.8 Å². The average Bonchev–Trinajstić information content (AvgIpc) is 2.43. The number of aryl methyl sites for hydroxylation is 1.